The van der Waals surface area contributed by atoms with Gasteiger partial charge in [-0.2, -0.15) is 0 Å². The van der Waals surface area contributed by atoms with Gasteiger partial charge in [-0.1, -0.05) is 30.3 Å². The first-order valence-electron chi connectivity index (χ1n) is 8.55. The first-order chi connectivity index (χ1) is 11.6. The molecule has 2 unspecified atom stereocenters. The molecule has 128 valence electrons. The van der Waals surface area contributed by atoms with Crippen molar-refractivity contribution < 1.29 is 19.4 Å². The second kappa shape index (κ2) is 5.77. The summed E-state index contributed by atoms with van der Waals surface area (Å²) in [4.78, 5) is 23.3. The maximum atomic E-state index is 12.2. The highest BCUT2D eigenvalue weighted by Gasteiger charge is 2.72. The lowest BCUT2D eigenvalue weighted by atomic mass is 9.80. The molecule has 1 heterocycles. The molecule has 0 bridgehead atoms. The Kier molecular flexibility index (Phi) is 3.72. The van der Waals surface area contributed by atoms with E-state index in [1.54, 1.807) is 0 Å². The lowest BCUT2D eigenvalue weighted by molar-refractivity contribution is -0.147. The minimum Gasteiger partial charge on any atom is -0.481 e. The summed E-state index contributed by atoms with van der Waals surface area (Å²) in [5.74, 6) is -0.603. The van der Waals surface area contributed by atoms with Gasteiger partial charge in [0.05, 0.1) is 11.5 Å². The van der Waals surface area contributed by atoms with Crippen molar-refractivity contribution in [1.82, 2.24) is 10.6 Å². The molecule has 3 fully saturated rings. The Morgan fingerprint density at radius 1 is 1.17 bits per heavy atom. The number of ether oxygens (including phenoxy) is 1. The van der Waals surface area contributed by atoms with Gasteiger partial charge in [-0.15, -0.1) is 0 Å². The minimum absolute atomic E-state index is 0.00543. The average molecular weight is 330 g/mol. The molecule has 6 heteroatoms. The standard InChI is InChI=1S/C18H22N2O4/c21-16(22)18-9-13(18)14(10-18)20-17(23)19-12-6-7-24-15(8-12)11-4-2-1-3-5-11/h1-5,12-15H,6-10H2,(H,21,22)(H2,19,20,23)/t12?,13-,14-,15?,18-/m0/s1. The largest absolute Gasteiger partial charge is 0.481 e. The van der Waals surface area contributed by atoms with Crippen molar-refractivity contribution in [2.75, 3.05) is 6.61 Å². The zero-order chi connectivity index (χ0) is 16.7. The van der Waals surface area contributed by atoms with Gasteiger partial charge in [0, 0.05) is 18.7 Å². The van der Waals surface area contributed by atoms with Crippen molar-refractivity contribution in [2.24, 2.45) is 11.3 Å². The van der Waals surface area contributed by atoms with E-state index < -0.39 is 11.4 Å². The second-order valence-corrected chi connectivity index (χ2v) is 7.19. The number of carboxylic acids is 1. The van der Waals surface area contributed by atoms with Crippen LogP contribution in [0.25, 0.3) is 0 Å². The number of carbonyl (C=O) groups is 2. The highest BCUT2D eigenvalue weighted by atomic mass is 16.5. The number of nitrogens with one attached hydrogen (secondary N) is 2. The molecule has 6 nitrogen and oxygen atoms in total. The Morgan fingerprint density at radius 2 is 1.96 bits per heavy atom. The van der Waals surface area contributed by atoms with Crippen LogP contribution in [0.1, 0.15) is 37.4 Å². The molecule has 1 aliphatic heterocycles. The number of aliphatic carboxylic acids is 1. The van der Waals surface area contributed by atoms with E-state index in [-0.39, 0.29) is 30.1 Å². The van der Waals surface area contributed by atoms with Crippen molar-refractivity contribution >= 4 is 12.0 Å². The molecule has 3 N–H and O–H groups in total. The molecule has 4 rings (SSSR count). The average Bonchev–Trinajstić information content (AvgIpc) is 3.20. The fourth-order valence-electron chi connectivity index (χ4n) is 4.18. The van der Waals surface area contributed by atoms with Gasteiger partial charge in [-0.25, -0.2) is 4.79 Å². The summed E-state index contributed by atoms with van der Waals surface area (Å²) in [5, 5.41) is 15.1. The summed E-state index contributed by atoms with van der Waals surface area (Å²) in [6.45, 7) is 0.624. The van der Waals surface area contributed by atoms with Gasteiger partial charge in [0.2, 0.25) is 0 Å². The highest BCUT2D eigenvalue weighted by molar-refractivity contribution is 5.82. The minimum atomic E-state index is -0.721. The monoisotopic (exact) mass is 330 g/mol. The summed E-state index contributed by atoms with van der Waals surface area (Å²) in [6.07, 6.45) is 2.81. The van der Waals surface area contributed by atoms with Crippen molar-refractivity contribution in [2.45, 2.75) is 43.9 Å². The van der Waals surface area contributed by atoms with Gasteiger partial charge in [0.15, 0.2) is 0 Å². The third-order valence-electron chi connectivity index (χ3n) is 5.74. The number of fused-ring (bicyclic) bond motifs is 1. The predicted octanol–water partition coefficient (Wildman–Crippen LogP) is 2.07. The van der Waals surface area contributed by atoms with Crippen LogP contribution in [-0.2, 0) is 9.53 Å². The number of carboxylic acid groups (broad SMARTS) is 1. The third kappa shape index (κ3) is 2.65. The van der Waals surface area contributed by atoms with E-state index in [1.165, 1.54) is 0 Å². The van der Waals surface area contributed by atoms with Gasteiger partial charge in [0.25, 0.3) is 0 Å². The van der Waals surface area contributed by atoms with Crippen LogP contribution in [0.5, 0.6) is 0 Å². The zero-order valence-corrected chi connectivity index (χ0v) is 13.4. The van der Waals surface area contributed by atoms with E-state index in [9.17, 15) is 9.59 Å². The van der Waals surface area contributed by atoms with Gasteiger partial charge >= 0.3 is 12.0 Å². The van der Waals surface area contributed by atoms with E-state index in [0.29, 0.717) is 19.4 Å². The molecular weight excluding hydrogens is 308 g/mol. The number of hydrogen-bond donors (Lipinski definition) is 3. The molecule has 5 atom stereocenters. The maximum absolute atomic E-state index is 12.2. The summed E-state index contributed by atoms with van der Waals surface area (Å²) in [6, 6.07) is 9.93. The highest BCUT2D eigenvalue weighted by Crippen LogP contribution is 2.67. The molecule has 0 spiro atoms. The molecule has 0 aromatic heterocycles. The second-order valence-electron chi connectivity index (χ2n) is 7.19. The van der Waals surface area contributed by atoms with Crippen LogP contribution in [0.15, 0.2) is 30.3 Å². The van der Waals surface area contributed by atoms with Crippen LogP contribution in [0.3, 0.4) is 0 Å². The van der Waals surface area contributed by atoms with Crippen LogP contribution >= 0.6 is 0 Å². The Bertz CT molecular complexity index is 650. The van der Waals surface area contributed by atoms with Gasteiger partial charge < -0.3 is 20.5 Å². The Morgan fingerprint density at radius 3 is 2.62 bits per heavy atom. The van der Waals surface area contributed by atoms with Crippen LogP contribution in [0, 0.1) is 11.3 Å². The van der Waals surface area contributed by atoms with Crippen LogP contribution < -0.4 is 10.6 Å². The first kappa shape index (κ1) is 15.4. The lowest BCUT2D eigenvalue weighted by Crippen LogP contribution is -2.53. The van der Waals surface area contributed by atoms with E-state index in [1.807, 2.05) is 30.3 Å². The maximum Gasteiger partial charge on any atom is 0.315 e. The van der Waals surface area contributed by atoms with Crippen molar-refractivity contribution in [3.8, 4) is 0 Å². The Labute approximate surface area is 140 Å². The summed E-state index contributed by atoms with van der Waals surface area (Å²) >= 11 is 0. The zero-order valence-electron chi connectivity index (χ0n) is 13.4. The molecule has 1 saturated heterocycles. The Balaban J connectivity index is 1.27. The number of rotatable bonds is 4. The third-order valence-corrected chi connectivity index (χ3v) is 5.74. The summed E-state index contributed by atoms with van der Waals surface area (Å²) in [5.41, 5.74) is 0.599. The van der Waals surface area contributed by atoms with Crippen LogP contribution in [-0.4, -0.2) is 35.8 Å². The van der Waals surface area contributed by atoms with Crippen molar-refractivity contribution in [1.29, 1.82) is 0 Å². The number of hydrogen-bond acceptors (Lipinski definition) is 3. The van der Waals surface area contributed by atoms with E-state index in [2.05, 4.69) is 10.6 Å². The molecule has 2 amide bonds. The normalized spacial score (nSPS) is 36.8. The van der Waals surface area contributed by atoms with E-state index >= 15 is 0 Å². The smallest absolute Gasteiger partial charge is 0.315 e. The number of urea groups is 1. The van der Waals surface area contributed by atoms with Crippen LogP contribution in [0.2, 0.25) is 0 Å². The topological polar surface area (TPSA) is 87.7 Å². The molecule has 1 aromatic carbocycles. The quantitative estimate of drug-likeness (QED) is 0.789. The first-order valence-corrected chi connectivity index (χ1v) is 8.55. The SMILES string of the molecule is O=C(NC1CCOC(c2ccccc2)C1)N[C@H]1C[C@@]2(C(=O)O)C[C@@H]12. The van der Waals surface area contributed by atoms with E-state index in [0.717, 1.165) is 18.4 Å². The molecule has 1 aromatic rings. The van der Waals surface area contributed by atoms with Crippen LogP contribution in [0.4, 0.5) is 4.79 Å². The van der Waals surface area contributed by atoms with Gasteiger partial charge in [0.1, 0.15) is 0 Å². The van der Waals surface area contributed by atoms with E-state index in [4.69, 9.17) is 9.84 Å². The predicted molar refractivity (Wildman–Crippen MR) is 86.4 cm³/mol. The summed E-state index contributed by atoms with van der Waals surface area (Å²) < 4.78 is 5.82. The van der Waals surface area contributed by atoms with Gasteiger partial charge in [-0.3, -0.25) is 4.79 Å². The fraction of sp³-hybridized carbons (Fsp3) is 0.556. The van der Waals surface area contributed by atoms with Crippen molar-refractivity contribution in [3.05, 3.63) is 35.9 Å². The number of benzene rings is 1. The lowest BCUT2D eigenvalue weighted by Gasteiger charge is -2.34. The Hall–Kier alpha value is -2.08. The molecule has 24 heavy (non-hydrogen) atoms. The molecule has 2 saturated carbocycles. The summed E-state index contributed by atoms with van der Waals surface area (Å²) in [7, 11) is 0. The van der Waals surface area contributed by atoms with Crippen molar-refractivity contribution in [3.63, 3.8) is 0 Å². The molecular formula is C18H22N2O4. The van der Waals surface area contributed by atoms with Gasteiger partial charge in [-0.05, 0) is 37.2 Å². The number of amides is 2. The molecule has 3 aliphatic rings. The molecule has 2 aliphatic carbocycles. The molecule has 0 radical (unpaired) electrons. The fourth-order valence-corrected chi connectivity index (χ4v) is 4.18. The number of carbonyl (C=O) groups excluding carboxylic acids is 1.